The van der Waals surface area contributed by atoms with Gasteiger partial charge in [0, 0.05) is 24.6 Å². The average Bonchev–Trinajstić information content (AvgIpc) is 3.28. The number of thiophene rings is 1. The molecule has 9 heteroatoms. The summed E-state index contributed by atoms with van der Waals surface area (Å²) in [6.07, 6.45) is -0.0304. The van der Waals surface area contributed by atoms with E-state index in [1.807, 2.05) is 0 Å². The quantitative estimate of drug-likeness (QED) is 0.440. The lowest BCUT2D eigenvalue weighted by Gasteiger charge is -2.14. The zero-order chi connectivity index (χ0) is 21.2. The second kappa shape index (κ2) is 11.1. The molecule has 0 aliphatic heterocycles. The van der Waals surface area contributed by atoms with Gasteiger partial charge in [-0.05, 0) is 17.5 Å². The van der Waals surface area contributed by atoms with Crippen molar-refractivity contribution in [2.24, 2.45) is 0 Å². The number of hydrogen-bond donors (Lipinski definition) is 1. The molecule has 0 aliphatic rings. The summed E-state index contributed by atoms with van der Waals surface area (Å²) in [6.45, 7) is -0.279. The van der Waals surface area contributed by atoms with E-state index in [1.54, 1.807) is 29.6 Å². The van der Waals surface area contributed by atoms with Crippen molar-refractivity contribution in [2.75, 3.05) is 27.9 Å². The Bertz CT molecular complexity index is 849. The van der Waals surface area contributed by atoms with E-state index in [9.17, 15) is 14.4 Å². The molecule has 1 heterocycles. The lowest BCUT2D eigenvalue weighted by atomic mass is 10.1. The Balaban J connectivity index is 1.79. The number of methoxy groups -OCH3 is 3. The van der Waals surface area contributed by atoms with Crippen LogP contribution >= 0.6 is 11.3 Å². The van der Waals surface area contributed by atoms with Gasteiger partial charge in [0.2, 0.25) is 0 Å². The lowest BCUT2D eigenvalue weighted by Crippen LogP contribution is -2.28. The van der Waals surface area contributed by atoms with Crippen molar-refractivity contribution < 1.29 is 33.3 Å². The third kappa shape index (κ3) is 6.49. The third-order valence-electron chi connectivity index (χ3n) is 3.98. The van der Waals surface area contributed by atoms with Gasteiger partial charge in [0.1, 0.15) is 5.75 Å². The number of ether oxygens (including phenoxy) is 4. The summed E-state index contributed by atoms with van der Waals surface area (Å²) in [6, 6.07) is 6.83. The largest absolute Gasteiger partial charge is 0.496 e. The van der Waals surface area contributed by atoms with Crippen LogP contribution in [0.1, 0.15) is 28.1 Å². The molecular formula is C20H23NO7S. The zero-order valence-corrected chi connectivity index (χ0v) is 17.3. The van der Waals surface area contributed by atoms with E-state index in [4.69, 9.17) is 18.9 Å². The Morgan fingerprint density at radius 1 is 0.966 bits per heavy atom. The van der Waals surface area contributed by atoms with E-state index in [1.165, 1.54) is 32.7 Å². The summed E-state index contributed by atoms with van der Waals surface area (Å²) in [5.41, 5.74) is 0.673. The monoisotopic (exact) mass is 421 g/mol. The van der Waals surface area contributed by atoms with Crippen molar-refractivity contribution in [2.45, 2.75) is 19.4 Å². The fourth-order valence-electron chi connectivity index (χ4n) is 2.47. The molecule has 0 saturated carbocycles. The van der Waals surface area contributed by atoms with Crippen LogP contribution in [0, 0.1) is 0 Å². The van der Waals surface area contributed by atoms with Gasteiger partial charge >= 0.3 is 5.97 Å². The van der Waals surface area contributed by atoms with Crippen molar-refractivity contribution in [1.82, 2.24) is 5.32 Å². The van der Waals surface area contributed by atoms with Crippen LogP contribution in [0.5, 0.6) is 17.2 Å². The van der Waals surface area contributed by atoms with Gasteiger partial charge in [0.25, 0.3) is 5.91 Å². The maximum Gasteiger partial charge on any atom is 0.306 e. The van der Waals surface area contributed by atoms with Crippen molar-refractivity contribution in [3.63, 3.8) is 0 Å². The molecule has 0 fully saturated rings. The lowest BCUT2D eigenvalue weighted by molar-refractivity contribution is -0.148. The number of carbonyl (C=O) groups excluding carboxylic acids is 3. The van der Waals surface area contributed by atoms with E-state index in [-0.39, 0.29) is 25.2 Å². The smallest absolute Gasteiger partial charge is 0.306 e. The van der Waals surface area contributed by atoms with Gasteiger partial charge in [-0.15, -0.1) is 11.3 Å². The predicted octanol–water partition coefficient (Wildman–Crippen LogP) is 2.60. The zero-order valence-electron chi connectivity index (χ0n) is 16.5. The first kappa shape index (κ1) is 22.2. The fraction of sp³-hybridized carbons (Fsp3) is 0.350. The minimum absolute atomic E-state index is 0.0454. The second-order valence-electron chi connectivity index (χ2n) is 5.86. The standard InChI is InChI=1S/C20H23NO7S/c1-25-15-10-17(27-3)16(26-2)9-13(15)11-21-19(23)12-28-20(24)7-6-14(22)18-5-4-8-29-18/h4-5,8-10H,6-7,11-12H2,1-3H3,(H,21,23). The molecule has 1 aromatic heterocycles. The minimum atomic E-state index is -0.603. The van der Waals surface area contributed by atoms with Gasteiger partial charge in [-0.25, -0.2) is 0 Å². The highest BCUT2D eigenvalue weighted by Crippen LogP contribution is 2.34. The summed E-state index contributed by atoms with van der Waals surface area (Å²) in [7, 11) is 4.53. The number of benzene rings is 1. The first-order valence-corrected chi connectivity index (χ1v) is 9.64. The second-order valence-corrected chi connectivity index (χ2v) is 6.80. The highest BCUT2D eigenvalue weighted by Gasteiger charge is 2.15. The number of carbonyl (C=O) groups is 3. The van der Waals surface area contributed by atoms with E-state index in [0.29, 0.717) is 27.7 Å². The Morgan fingerprint density at radius 3 is 2.28 bits per heavy atom. The van der Waals surface area contributed by atoms with Crippen LogP contribution in [0.2, 0.25) is 0 Å². The first-order chi connectivity index (χ1) is 14.0. The molecule has 0 saturated heterocycles. The number of nitrogens with one attached hydrogen (secondary N) is 1. The Labute approximate surface area is 172 Å². The number of esters is 1. The van der Waals surface area contributed by atoms with Crippen molar-refractivity contribution in [3.8, 4) is 17.2 Å². The number of amides is 1. The number of ketones is 1. The van der Waals surface area contributed by atoms with E-state index in [0.717, 1.165) is 0 Å². The number of hydrogen-bond acceptors (Lipinski definition) is 8. The summed E-state index contributed by atoms with van der Waals surface area (Å²) in [5, 5.41) is 4.44. The van der Waals surface area contributed by atoms with Gasteiger partial charge in [0.15, 0.2) is 23.9 Å². The van der Waals surface area contributed by atoms with Crippen LogP contribution in [0.15, 0.2) is 29.6 Å². The molecule has 1 amide bonds. The van der Waals surface area contributed by atoms with E-state index in [2.05, 4.69) is 5.32 Å². The molecule has 0 bridgehead atoms. The Kier molecular flexibility index (Phi) is 8.47. The molecule has 0 aliphatic carbocycles. The van der Waals surface area contributed by atoms with Crippen LogP contribution < -0.4 is 19.5 Å². The molecule has 1 aromatic carbocycles. The molecule has 156 valence electrons. The molecule has 2 aromatic rings. The first-order valence-electron chi connectivity index (χ1n) is 8.76. The molecule has 0 radical (unpaired) electrons. The maximum absolute atomic E-state index is 12.0. The number of Topliss-reactive ketones (excluding diaryl/α,β-unsaturated/α-hetero) is 1. The summed E-state index contributed by atoms with van der Waals surface area (Å²) in [5.74, 6) is 0.326. The maximum atomic E-state index is 12.0. The minimum Gasteiger partial charge on any atom is -0.496 e. The van der Waals surface area contributed by atoms with E-state index < -0.39 is 18.5 Å². The normalized spacial score (nSPS) is 10.2. The molecule has 8 nitrogen and oxygen atoms in total. The van der Waals surface area contributed by atoms with Gasteiger partial charge in [0.05, 0.1) is 32.6 Å². The highest BCUT2D eigenvalue weighted by molar-refractivity contribution is 7.12. The van der Waals surface area contributed by atoms with Crippen molar-refractivity contribution in [1.29, 1.82) is 0 Å². The molecule has 1 N–H and O–H groups in total. The third-order valence-corrected chi connectivity index (χ3v) is 4.89. The molecular weight excluding hydrogens is 398 g/mol. The fourth-order valence-corrected chi connectivity index (χ4v) is 3.16. The van der Waals surface area contributed by atoms with Crippen molar-refractivity contribution in [3.05, 3.63) is 40.1 Å². The molecule has 2 rings (SSSR count). The van der Waals surface area contributed by atoms with Gasteiger partial charge in [-0.3, -0.25) is 14.4 Å². The van der Waals surface area contributed by atoms with Crippen LogP contribution in [-0.4, -0.2) is 45.6 Å². The summed E-state index contributed by atoms with van der Waals surface area (Å²) in [4.78, 5) is 36.2. The van der Waals surface area contributed by atoms with Crippen molar-refractivity contribution >= 4 is 29.0 Å². The Hall–Kier alpha value is -3.07. The SMILES string of the molecule is COc1cc(OC)c(OC)cc1CNC(=O)COC(=O)CCC(=O)c1cccs1. The van der Waals surface area contributed by atoms with Gasteiger partial charge in [-0.1, -0.05) is 6.07 Å². The topological polar surface area (TPSA) is 100 Å². The summed E-state index contributed by atoms with van der Waals surface area (Å²) < 4.78 is 20.7. The average molecular weight is 421 g/mol. The Morgan fingerprint density at radius 2 is 1.66 bits per heavy atom. The van der Waals surface area contributed by atoms with Crippen LogP contribution in [0.3, 0.4) is 0 Å². The van der Waals surface area contributed by atoms with Gasteiger partial charge in [-0.2, -0.15) is 0 Å². The van der Waals surface area contributed by atoms with E-state index >= 15 is 0 Å². The summed E-state index contributed by atoms with van der Waals surface area (Å²) >= 11 is 1.32. The number of rotatable bonds is 11. The highest BCUT2D eigenvalue weighted by atomic mass is 32.1. The molecule has 0 spiro atoms. The van der Waals surface area contributed by atoms with Crippen LogP contribution in [0.25, 0.3) is 0 Å². The van der Waals surface area contributed by atoms with Gasteiger partial charge < -0.3 is 24.3 Å². The predicted molar refractivity (Wildman–Crippen MR) is 107 cm³/mol. The molecule has 29 heavy (non-hydrogen) atoms. The molecule has 0 unspecified atom stereocenters. The van der Waals surface area contributed by atoms with Crippen LogP contribution in [-0.2, 0) is 20.9 Å². The van der Waals surface area contributed by atoms with Crippen LogP contribution in [0.4, 0.5) is 0 Å². The molecule has 0 atom stereocenters.